The van der Waals surface area contributed by atoms with E-state index >= 15 is 0 Å². The van der Waals surface area contributed by atoms with E-state index in [1.165, 1.54) is 6.07 Å². The fraction of sp³-hybridized carbons (Fsp3) is 0.500. The van der Waals surface area contributed by atoms with Crippen molar-refractivity contribution in [2.45, 2.75) is 19.4 Å². The zero-order valence-electron chi connectivity index (χ0n) is 10.8. The van der Waals surface area contributed by atoms with Crippen LogP contribution in [0.3, 0.4) is 0 Å². The normalized spacial score (nSPS) is 22.7. The molecule has 1 fully saturated rings. The summed E-state index contributed by atoms with van der Waals surface area (Å²) in [6.07, 6.45) is 0.0823. The third kappa shape index (κ3) is 3.53. The molecule has 2 atom stereocenters. The van der Waals surface area contributed by atoms with Gasteiger partial charge in [0, 0.05) is 17.5 Å². The van der Waals surface area contributed by atoms with E-state index in [9.17, 15) is 9.18 Å². The van der Waals surface area contributed by atoms with E-state index in [0.717, 1.165) is 6.54 Å². The lowest BCUT2D eigenvalue weighted by atomic mass is 9.93. The van der Waals surface area contributed by atoms with Crippen LogP contribution >= 0.6 is 11.6 Å². The Morgan fingerprint density at radius 1 is 1.53 bits per heavy atom. The molecule has 5 heteroatoms. The number of Topliss-reactive ketones (excluding diaryl/α,β-unsaturated/α-hetero) is 1. The number of hydrogen-bond donors (Lipinski definition) is 1. The van der Waals surface area contributed by atoms with Gasteiger partial charge in [-0.1, -0.05) is 24.6 Å². The molecule has 0 bridgehead atoms. The number of ether oxygens (including phenoxy) is 1. The first-order chi connectivity index (χ1) is 9.11. The lowest BCUT2D eigenvalue weighted by Gasteiger charge is -2.17. The Labute approximate surface area is 117 Å². The van der Waals surface area contributed by atoms with Gasteiger partial charge >= 0.3 is 0 Å². The predicted molar refractivity (Wildman–Crippen MR) is 71.9 cm³/mol. The van der Waals surface area contributed by atoms with Gasteiger partial charge in [0.15, 0.2) is 0 Å². The van der Waals surface area contributed by atoms with Gasteiger partial charge in [0.25, 0.3) is 0 Å². The Hall–Kier alpha value is -0.970. The minimum atomic E-state index is -0.431. The summed E-state index contributed by atoms with van der Waals surface area (Å²) in [5.74, 6) is -0.625. The van der Waals surface area contributed by atoms with Gasteiger partial charge in [0.05, 0.1) is 19.1 Å². The molecule has 0 aromatic heterocycles. The van der Waals surface area contributed by atoms with Crippen LogP contribution in [-0.2, 0) is 16.0 Å². The third-order valence-electron chi connectivity index (χ3n) is 3.34. The summed E-state index contributed by atoms with van der Waals surface area (Å²) in [6, 6.07) is 4.43. The fourth-order valence-electron chi connectivity index (χ4n) is 2.32. The number of carbonyl (C=O) groups is 1. The summed E-state index contributed by atoms with van der Waals surface area (Å²) in [6.45, 7) is 3.71. The second-order valence-electron chi connectivity index (χ2n) is 4.69. The average molecular weight is 286 g/mol. The molecule has 1 saturated heterocycles. The maximum atomic E-state index is 13.7. The van der Waals surface area contributed by atoms with E-state index < -0.39 is 5.82 Å². The number of hydrogen-bond acceptors (Lipinski definition) is 3. The topological polar surface area (TPSA) is 38.3 Å². The van der Waals surface area contributed by atoms with Crippen molar-refractivity contribution in [3.05, 3.63) is 34.6 Å². The van der Waals surface area contributed by atoms with Crippen LogP contribution in [0.4, 0.5) is 4.39 Å². The van der Waals surface area contributed by atoms with E-state index in [1.54, 1.807) is 12.1 Å². The zero-order valence-corrected chi connectivity index (χ0v) is 11.5. The van der Waals surface area contributed by atoms with Gasteiger partial charge < -0.3 is 10.1 Å². The molecule has 0 spiro atoms. The van der Waals surface area contributed by atoms with Gasteiger partial charge in [-0.25, -0.2) is 4.39 Å². The van der Waals surface area contributed by atoms with Gasteiger partial charge in [-0.15, -0.1) is 0 Å². The Kier molecular flexibility index (Phi) is 4.91. The first kappa shape index (κ1) is 14.4. The standard InChI is InChI=1S/C14H17ClFNO2/c1-2-17-13-8-19-7-11(13)14(18)5-9-3-4-10(15)6-12(9)16/h3-4,6,11,13,17H,2,5,7-8H2,1H3. The molecular weight excluding hydrogens is 269 g/mol. The van der Waals surface area contributed by atoms with Gasteiger partial charge in [0.1, 0.15) is 11.6 Å². The quantitative estimate of drug-likeness (QED) is 0.901. The van der Waals surface area contributed by atoms with Crippen molar-refractivity contribution in [1.82, 2.24) is 5.32 Å². The summed E-state index contributed by atoms with van der Waals surface area (Å²) >= 11 is 5.69. The first-order valence-electron chi connectivity index (χ1n) is 6.39. The second kappa shape index (κ2) is 6.46. The SMILES string of the molecule is CCNC1COCC1C(=O)Cc1ccc(Cl)cc1F. The van der Waals surface area contributed by atoms with Crippen molar-refractivity contribution in [2.75, 3.05) is 19.8 Å². The summed E-state index contributed by atoms with van der Waals surface area (Å²) in [5.41, 5.74) is 0.386. The minimum Gasteiger partial charge on any atom is -0.379 e. The maximum absolute atomic E-state index is 13.7. The van der Waals surface area contributed by atoms with Crippen molar-refractivity contribution < 1.29 is 13.9 Å². The van der Waals surface area contributed by atoms with Crippen molar-refractivity contribution in [1.29, 1.82) is 0 Å². The van der Waals surface area contributed by atoms with Gasteiger partial charge in [0.2, 0.25) is 0 Å². The van der Waals surface area contributed by atoms with E-state index in [-0.39, 0.29) is 24.2 Å². The molecule has 1 N–H and O–H groups in total. The highest BCUT2D eigenvalue weighted by Gasteiger charge is 2.33. The van der Waals surface area contributed by atoms with Crippen LogP contribution in [0.2, 0.25) is 5.02 Å². The van der Waals surface area contributed by atoms with Crippen LogP contribution in [0, 0.1) is 11.7 Å². The van der Waals surface area contributed by atoms with E-state index in [0.29, 0.717) is 23.8 Å². The summed E-state index contributed by atoms with van der Waals surface area (Å²) < 4.78 is 19.0. The number of halogens is 2. The van der Waals surface area contributed by atoms with Crippen LogP contribution in [0.5, 0.6) is 0 Å². The molecule has 0 radical (unpaired) electrons. The predicted octanol–water partition coefficient (Wildman–Crippen LogP) is 2.22. The van der Waals surface area contributed by atoms with Crippen molar-refractivity contribution in [3.63, 3.8) is 0 Å². The minimum absolute atomic E-state index is 0.00433. The van der Waals surface area contributed by atoms with E-state index in [4.69, 9.17) is 16.3 Å². The van der Waals surface area contributed by atoms with Crippen molar-refractivity contribution in [3.8, 4) is 0 Å². The maximum Gasteiger partial charge on any atom is 0.144 e. The van der Waals surface area contributed by atoms with Crippen molar-refractivity contribution in [2.24, 2.45) is 5.92 Å². The van der Waals surface area contributed by atoms with Gasteiger partial charge in [-0.05, 0) is 24.2 Å². The third-order valence-corrected chi connectivity index (χ3v) is 3.58. The van der Waals surface area contributed by atoms with Crippen LogP contribution in [0.25, 0.3) is 0 Å². The van der Waals surface area contributed by atoms with Crippen molar-refractivity contribution >= 4 is 17.4 Å². The Balaban J connectivity index is 2.04. The lowest BCUT2D eigenvalue weighted by Crippen LogP contribution is -2.39. The Morgan fingerprint density at radius 2 is 2.32 bits per heavy atom. The Bertz CT molecular complexity index is 467. The van der Waals surface area contributed by atoms with Gasteiger partial charge in [-0.2, -0.15) is 0 Å². The number of benzene rings is 1. The molecule has 2 rings (SSSR count). The lowest BCUT2D eigenvalue weighted by molar-refractivity contribution is -0.122. The highest BCUT2D eigenvalue weighted by atomic mass is 35.5. The molecule has 0 aliphatic carbocycles. The molecule has 1 aliphatic heterocycles. The summed E-state index contributed by atoms with van der Waals surface area (Å²) in [4.78, 5) is 12.2. The molecule has 0 amide bonds. The molecule has 1 aromatic rings. The highest BCUT2D eigenvalue weighted by Crippen LogP contribution is 2.20. The fourth-order valence-corrected chi connectivity index (χ4v) is 2.48. The van der Waals surface area contributed by atoms with Crippen LogP contribution < -0.4 is 5.32 Å². The molecular formula is C14H17ClFNO2. The zero-order chi connectivity index (χ0) is 13.8. The van der Waals surface area contributed by atoms with Crippen LogP contribution in [0.1, 0.15) is 12.5 Å². The van der Waals surface area contributed by atoms with Gasteiger partial charge in [-0.3, -0.25) is 4.79 Å². The number of ketones is 1. The number of carbonyl (C=O) groups excluding carboxylic acids is 1. The smallest absolute Gasteiger partial charge is 0.144 e. The monoisotopic (exact) mass is 285 g/mol. The summed E-state index contributed by atoms with van der Waals surface area (Å²) in [5, 5.41) is 3.56. The van der Waals surface area contributed by atoms with E-state index in [2.05, 4.69) is 5.32 Å². The van der Waals surface area contributed by atoms with Crippen LogP contribution in [-0.4, -0.2) is 31.6 Å². The average Bonchev–Trinajstić information content (AvgIpc) is 2.81. The second-order valence-corrected chi connectivity index (χ2v) is 5.12. The Morgan fingerprint density at radius 3 is 3.00 bits per heavy atom. The molecule has 2 unspecified atom stereocenters. The number of likely N-dealkylation sites (N-methyl/N-ethyl adjacent to an activating group) is 1. The number of nitrogens with one attached hydrogen (secondary N) is 1. The molecule has 0 saturated carbocycles. The molecule has 3 nitrogen and oxygen atoms in total. The molecule has 1 aromatic carbocycles. The largest absolute Gasteiger partial charge is 0.379 e. The molecule has 104 valence electrons. The molecule has 1 heterocycles. The molecule has 19 heavy (non-hydrogen) atoms. The molecule has 1 aliphatic rings. The van der Waals surface area contributed by atoms with Crippen LogP contribution in [0.15, 0.2) is 18.2 Å². The first-order valence-corrected chi connectivity index (χ1v) is 6.77. The number of rotatable bonds is 5. The summed E-state index contributed by atoms with van der Waals surface area (Å²) in [7, 11) is 0. The highest BCUT2D eigenvalue weighted by molar-refractivity contribution is 6.30. The van der Waals surface area contributed by atoms with E-state index in [1.807, 2.05) is 6.92 Å².